The van der Waals surface area contributed by atoms with Gasteiger partial charge in [-0.05, 0) is 37.4 Å². The Morgan fingerprint density at radius 2 is 2.23 bits per heavy atom. The van der Waals surface area contributed by atoms with Crippen molar-refractivity contribution in [2.75, 3.05) is 13.1 Å². The van der Waals surface area contributed by atoms with Crippen molar-refractivity contribution in [2.24, 2.45) is 5.92 Å². The SMILES string of the molecule is c1ccc2sc(CN3CCC[C@@H](Cn4cncn4)C3)nc2c1. The van der Waals surface area contributed by atoms with Crippen LogP contribution in [-0.2, 0) is 13.1 Å². The summed E-state index contributed by atoms with van der Waals surface area (Å²) in [5.41, 5.74) is 1.12. The third kappa shape index (κ3) is 3.03. The van der Waals surface area contributed by atoms with Crippen LogP contribution in [-0.4, -0.2) is 37.7 Å². The van der Waals surface area contributed by atoms with Gasteiger partial charge in [0.15, 0.2) is 0 Å². The van der Waals surface area contributed by atoms with E-state index in [1.807, 2.05) is 22.3 Å². The largest absolute Gasteiger partial charge is 0.296 e. The molecule has 3 heterocycles. The molecule has 4 rings (SSSR count). The van der Waals surface area contributed by atoms with Crippen molar-refractivity contribution >= 4 is 21.6 Å². The molecule has 1 atom stereocenters. The van der Waals surface area contributed by atoms with E-state index in [0.717, 1.165) is 25.2 Å². The molecule has 0 N–H and O–H groups in total. The van der Waals surface area contributed by atoms with Crippen LogP contribution in [0.25, 0.3) is 10.2 Å². The van der Waals surface area contributed by atoms with E-state index in [1.165, 1.54) is 29.1 Å². The van der Waals surface area contributed by atoms with Crippen LogP contribution in [0.1, 0.15) is 17.8 Å². The normalized spacial score (nSPS) is 19.7. The van der Waals surface area contributed by atoms with E-state index in [1.54, 1.807) is 6.33 Å². The van der Waals surface area contributed by atoms with Crippen molar-refractivity contribution in [1.82, 2.24) is 24.6 Å². The molecule has 1 aromatic carbocycles. The molecule has 1 fully saturated rings. The Balaban J connectivity index is 1.41. The Morgan fingerprint density at radius 1 is 1.27 bits per heavy atom. The van der Waals surface area contributed by atoms with Crippen LogP contribution in [0.2, 0.25) is 0 Å². The van der Waals surface area contributed by atoms with E-state index >= 15 is 0 Å². The van der Waals surface area contributed by atoms with Gasteiger partial charge in [0.05, 0.1) is 16.8 Å². The van der Waals surface area contributed by atoms with Gasteiger partial charge in [0, 0.05) is 13.1 Å². The van der Waals surface area contributed by atoms with E-state index in [-0.39, 0.29) is 0 Å². The second-order valence-corrected chi connectivity index (χ2v) is 7.05. The number of benzene rings is 1. The lowest BCUT2D eigenvalue weighted by molar-refractivity contribution is 0.153. The molecule has 6 heteroatoms. The second-order valence-electron chi connectivity index (χ2n) is 5.94. The number of para-hydroxylation sites is 1. The summed E-state index contributed by atoms with van der Waals surface area (Å²) in [5, 5.41) is 5.45. The molecule has 5 nitrogen and oxygen atoms in total. The summed E-state index contributed by atoms with van der Waals surface area (Å²) in [6.07, 6.45) is 5.95. The van der Waals surface area contributed by atoms with Gasteiger partial charge in [-0.15, -0.1) is 11.3 Å². The van der Waals surface area contributed by atoms with Crippen molar-refractivity contribution in [1.29, 1.82) is 0 Å². The van der Waals surface area contributed by atoms with Crippen LogP contribution >= 0.6 is 11.3 Å². The standard InChI is InChI=1S/C16H19N5S/c1-2-6-15-14(5-1)19-16(22-15)10-20-7-3-4-13(8-20)9-21-12-17-11-18-21/h1-2,5-6,11-13H,3-4,7-10H2/t13-/m1/s1. The van der Waals surface area contributed by atoms with Crippen molar-refractivity contribution < 1.29 is 0 Å². The number of hydrogen-bond acceptors (Lipinski definition) is 5. The van der Waals surface area contributed by atoms with Gasteiger partial charge >= 0.3 is 0 Å². The zero-order valence-corrected chi connectivity index (χ0v) is 13.2. The summed E-state index contributed by atoms with van der Waals surface area (Å²) in [4.78, 5) is 11.3. The lowest BCUT2D eigenvalue weighted by Crippen LogP contribution is -2.36. The van der Waals surface area contributed by atoms with E-state index < -0.39 is 0 Å². The van der Waals surface area contributed by atoms with Crippen LogP contribution in [0.3, 0.4) is 0 Å². The predicted octanol–water partition coefficient (Wildman–Crippen LogP) is 2.80. The molecule has 1 saturated heterocycles. The number of aromatic nitrogens is 4. The van der Waals surface area contributed by atoms with Crippen molar-refractivity contribution in [3.63, 3.8) is 0 Å². The maximum absolute atomic E-state index is 4.76. The lowest BCUT2D eigenvalue weighted by Gasteiger charge is -2.31. The molecule has 0 unspecified atom stereocenters. The highest BCUT2D eigenvalue weighted by Gasteiger charge is 2.21. The maximum Gasteiger partial charge on any atom is 0.137 e. The minimum Gasteiger partial charge on any atom is -0.296 e. The molecule has 1 aliphatic heterocycles. The van der Waals surface area contributed by atoms with Crippen LogP contribution in [0.5, 0.6) is 0 Å². The molecule has 0 aliphatic carbocycles. The highest BCUT2D eigenvalue weighted by molar-refractivity contribution is 7.18. The van der Waals surface area contributed by atoms with Crippen molar-refractivity contribution in [2.45, 2.75) is 25.9 Å². The van der Waals surface area contributed by atoms with Crippen molar-refractivity contribution in [3.8, 4) is 0 Å². The Labute approximate surface area is 133 Å². The van der Waals surface area contributed by atoms with Crippen LogP contribution in [0.15, 0.2) is 36.9 Å². The van der Waals surface area contributed by atoms with Gasteiger partial charge in [0.2, 0.25) is 0 Å². The average molecular weight is 313 g/mol. The fourth-order valence-corrected chi connectivity index (χ4v) is 4.22. The van der Waals surface area contributed by atoms with E-state index in [0.29, 0.717) is 5.92 Å². The predicted molar refractivity (Wildman–Crippen MR) is 87.6 cm³/mol. The van der Waals surface area contributed by atoms with E-state index in [9.17, 15) is 0 Å². The monoisotopic (exact) mass is 313 g/mol. The summed E-state index contributed by atoms with van der Waals surface area (Å²) in [5.74, 6) is 0.657. The first-order valence-electron chi connectivity index (χ1n) is 7.76. The van der Waals surface area contributed by atoms with Gasteiger partial charge in [-0.3, -0.25) is 9.58 Å². The molecule has 0 radical (unpaired) electrons. The third-order valence-corrected chi connectivity index (χ3v) is 5.23. The highest BCUT2D eigenvalue weighted by atomic mass is 32.1. The quantitative estimate of drug-likeness (QED) is 0.743. The fourth-order valence-electron chi connectivity index (χ4n) is 3.21. The number of rotatable bonds is 4. The number of nitrogens with zero attached hydrogens (tertiary/aromatic N) is 5. The Kier molecular flexibility index (Phi) is 3.86. The lowest BCUT2D eigenvalue weighted by atomic mass is 9.98. The average Bonchev–Trinajstić information content (AvgIpc) is 3.16. The molecule has 3 aromatic rings. The van der Waals surface area contributed by atoms with Crippen LogP contribution in [0.4, 0.5) is 0 Å². The molecular formula is C16H19N5S. The third-order valence-electron chi connectivity index (χ3n) is 4.21. The minimum atomic E-state index is 0.657. The van der Waals surface area contributed by atoms with Crippen molar-refractivity contribution in [3.05, 3.63) is 41.9 Å². The molecule has 2 aromatic heterocycles. The first kappa shape index (κ1) is 13.8. The Bertz CT molecular complexity index is 703. The molecule has 22 heavy (non-hydrogen) atoms. The molecule has 0 amide bonds. The maximum atomic E-state index is 4.76. The smallest absolute Gasteiger partial charge is 0.137 e. The Hall–Kier alpha value is -1.79. The second kappa shape index (κ2) is 6.14. The molecule has 0 bridgehead atoms. The molecular weight excluding hydrogens is 294 g/mol. The fraction of sp³-hybridized carbons (Fsp3) is 0.438. The zero-order valence-electron chi connectivity index (χ0n) is 12.4. The van der Waals surface area contributed by atoms with E-state index in [2.05, 4.69) is 39.2 Å². The Morgan fingerprint density at radius 3 is 3.09 bits per heavy atom. The molecule has 1 aliphatic rings. The first-order valence-corrected chi connectivity index (χ1v) is 8.58. The molecule has 0 spiro atoms. The minimum absolute atomic E-state index is 0.657. The number of hydrogen-bond donors (Lipinski definition) is 0. The number of fused-ring (bicyclic) bond motifs is 1. The van der Waals surface area contributed by atoms with Gasteiger partial charge < -0.3 is 0 Å². The first-order chi connectivity index (χ1) is 10.9. The molecule has 0 saturated carbocycles. The van der Waals surface area contributed by atoms with E-state index in [4.69, 9.17) is 4.98 Å². The summed E-state index contributed by atoms with van der Waals surface area (Å²) >= 11 is 1.82. The van der Waals surface area contributed by atoms with Crippen LogP contribution in [0, 0.1) is 5.92 Å². The van der Waals surface area contributed by atoms with Gasteiger partial charge in [-0.1, -0.05) is 12.1 Å². The van der Waals surface area contributed by atoms with Gasteiger partial charge in [-0.2, -0.15) is 5.10 Å². The summed E-state index contributed by atoms with van der Waals surface area (Å²) < 4.78 is 3.24. The summed E-state index contributed by atoms with van der Waals surface area (Å²) in [6, 6.07) is 8.39. The summed E-state index contributed by atoms with van der Waals surface area (Å²) in [7, 11) is 0. The molecule has 114 valence electrons. The number of piperidine rings is 1. The van der Waals surface area contributed by atoms with Gasteiger partial charge in [0.25, 0.3) is 0 Å². The number of likely N-dealkylation sites (tertiary alicyclic amines) is 1. The van der Waals surface area contributed by atoms with Crippen LogP contribution < -0.4 is 0 Å². The zero-order chi connectivity index (χ0) is 14.8. The van der Waals surface area contributed by atoms with Gasteiger partial charge in [0.1, 0.15) is 17.7 Å². The van der Waals surface area contributed by atoms with Gasteiger partial charge in [-0.25, -0.2) is 9.97 Å². The topological polar surface area (TPSA) is 46.8 Å². The number of thiazole rings is 1. The summed E-state index contributed by atoms with van der Waals surface area (Å²) in [6.45, 7) is 4.23. The highest BCUT2D eigenvalue weighted by Crippen LogP contribution is 2.25.